The molecule has 6 heteroatoms. The van der Waals surface area contributed by atoms with E-state index in [0.29, 0.717) is 27.7 Å². The normalized spacial score (nSPS) is 10.2. The molecule has 0 aliphatic heterocycles. The minimum Gasteiger partial charge on any atom is -0.496 e. The topological polar surface area (TPSA) is 64.3 Å². The lowest BCUT2D eigenvalue weighted by Crippen LogP contribution is -2.13. The van der Waals surface area contributed by atoms with Gasteiger partial charge in [0.25, 0.3) is 5.91 Å². The number of ether oxygens (including phenoxy) is 1. The van der Waals surface area contributed by atoms with Gasteiger partial charge in [0.15, 0.2) is 0 Å². The lowest BCUT2D eigenvalue weighted by Gasteiger charge is -2.10. The van der Waals surface area contributed by atoms with E-state index in [1.165, 1.54) is 7.11 Å². The second-order valence-corrected chi connectivity index (χ2v) is 5.33. The third kappa shape index (κ3) is 3.23. The predicted octanol–water partition coefficient (Wildman–Crippen LogP) is 3.95. The van der Waals surface area contributed by atoms with Crippen molar-refractivity contribution >= 4 is 44.8 Å². The highest BCUT2D eigenvalue weighted by Gasteiger charge is 2.13. The van der Waals surface area contributed by atoms with Crippen LogP contribution < -0.4 is 15.8 Å². The van der Waals surface area contributed by atoms with Gasteiger partial charge >= 0.3 is 0 Å². The first-order valence-corrected chi connectivity index (χ1v) is 6.88. The van der Waals surface area contributed by atoms with Gasteiger partial charge < -0.3 is 15.8 Å². The fourth-order valence-corrected chi connectivity index (χ4v) is 2.20. The summed E-state index contributed by atoms with van der Waals surface area (Å²) in [6.07, 6.45) is 0. The molecule has 2 rings (SSSR count). The van der Waals surface area contributed by atoms with Crippen LogP contribution in [0.4, 0.5) is 11.4 Å². The summed E-state index contributed by atoms with van der Waals surface area (Å²) in [6, 6.07) is 10.0. The van der Waals surface area contributed by atoms with Crippen molar-refractivity contribution in [2.45, 2.75) is 0 Å². The molecule has 0 spiro atoms. The molecule has 0 unspecified atom stereocenters. The maximum atomic E-state index is 12.2. The smallest absolute Gasteiger partial charge is 0.259 e. The van der Waals surface area contributed by atoms with Crippen LogP contribution in [0.15, 0.2) is 40.9 Å². The molecule has 2 aromatic rings. The molecule has 2 aromatic carbocycles. The Kier molecular flexibility index (Phi) is 4.52. The van der Waals surface area contributed by atoms with Gasteiger partial charge in [-0.2, -0.15) is 0 Å². The molecule has 20 heavy (non-hydrogen) atoms. The molecule has 0 fully saturated rings. The highest BCUT2D eigenvalue weighted by Crippen LogP contribution is 2.26. The van der Waals surface area contributed by atoms with E-state index in [4.69, 9.17) is 22.1 Å². The fraction of sp³-hybridized carbons (Fsp3) is 0.0714. The van der Waals surface area contributed by atoms with Gasteiger partial charge in [-0.05, 0) is 52.3 Å². The van der Waals surface area contributed by atoms with Crippen molar-refractivity contribution in [1.82, 2.24) is 0 Å². The molecule has 1 amide bonds. The van der Waals surface area contributed by atoms with Crippen LogP contribution in [0.5, 0.6) is 5.75 Å². The molecule has 0 aromatic heterocycles. The van der Waals surface area contributed by atoms with Crippen LogP contribution in [0, 0.1) is 0 Å². The molecule has 104 valence electrons. The van der Waals surface area contributed by atoms with E-state index in [1.54, 1.807) is 36.4 Å². The number of rotatable bonds is 3. The van der Waals surface area contributed by atoms with E-state index in [-0.39, 0.29) is 5.91 Å². The van der Waals surface area contributed by atoms with Crippen LogP contribution >= 0.6 is 27.5 Å². The maximum absolute atomic E-state index is 12.2. The molecule has 0 radical (unpaired) electrons. The molecule has 0 atom stereocenters. The van der Waals surface area contributed by atoms with Gasteiger partial charge in [0.1, 0.15) is 5.75 Å². The number of benzene rings is 2. The number of hydrogen-bond donors (Lipinski definition) is 2. The van der Waals surface area contributed by atoms with Crippen LogP contribution in [0.25, 0.3) is 0 Å². The van der Waals surface area contributed by atoms with Crippen LogP contribution in [0.3, 0.4) is 0 Å². The lowest BCUT2D eigenvalue weighted by atomic mass is 10.2. The third-order valence-corrected chi connectivity index (χ3v) is 3.59. The third-order valence-electron chi connectivity index (χ3n) is 2.67. The summed E-state index contributed by atoms with van der Waals surface area (Å²) in [5, 5.41) is 3.28. The highest BCUT2D eigenvalue weighted by molar-refractivity contribution is 9.10. The minimum absolute atomic E-state index is 0.282. The molecule has 0 aliphatic rings. The number of methoxy groups -OCH3 is 1. The molecule has 4 nitrogen and oxygen atoms in total. The summed E-state index contributed by atoms with van der Waals surface area (Å²) in [4.78, 5) is 12.2. The number of nitrogens with one attached hydrogen (secondary N) is 1. The predicted molar refractivity (Wildman–Crippen MR) is 84.5 cm³/mol. The van der Waals surface area contributed by atoms with Gasteiger partial charge in [0.2, 0.25) is 0 Å². The van der Waals surface area contributed by atoms with Crippen LogP contribution in [0.2, 0.25) is 5.02 Å². The largest absolute Gasteiger partial charge is 0.496 e. The van der Waals surface area contributed by atoms with Crippen molar-refractivity contribution in [3.05, 3.63) is 51.5 Å². The highest BCUT2D eigenvalue weighted by atomic mass is 79.9. The van der Waals surface area contributed by atoms with Gasteiger partial charge in [-0.3, -0.25) is 4.79 Å². The Balaban J connectivity index is 2.25. The zero-order valence-electron chi connectivity index (χ0n) is 10.6. The first kappa shape index (κ1) is 14.7. The Morgan fingerprint density at radius 2 is 2.05 bits per heavy atom. The monoisotopic (exact) mass is 354 g/mol. The average Bonchev–Trinajstić information content (AvgIpc) is 2.42. The number of carbonyl (C=O) groups is 1. The molecule has 3 N–H and O–H groups in total. The van der Waals surface area contributed by atoms with E-state index in [9.17, 15) is 4.79 Å². The average molecular weight is 356 g/mol. The van der Waals surface area contributed by atoms with Crippen molar-refractivity contribution < 1.29 is 9.53 Å². The Morgan fingerprint density at radius 3 is 2.70 bits per heavy atom. The first-order valence-electron chi connectivity index (χ1n) is 5.71. The SMILES string of the molecule is COc1cc(Cl)ccc1C(=O)Nc1ccc(N)c(Br)c1. The van der Waals surface area contributed by atoms with E-state index < -0.39 is 0 Å². The summed E-state index contributed by atoms with van der Waals surface area (Å²) in [7, 11) is 1.49. The van der Waals surface area contributed by atoms with Gasteiger partial charge in [0, 0.05) is 20.9 Å². The second kappa shape index (κ2) is 6.15. The van der Waals surface area contributed by atoms with Crippen LogP contribution in [-0.2, 0) is 0 Å². The molecule has 0 aliphatic carbocycles. The van der Waals surface area contributed by atoms with Crippen molar-refractivity contribution in [3.8, 4) is 5.75 Å². The summed E-state index contributed by atoms with van der Waals surface area (Å²) < 4.78 is 5.87. The molecule has 0 saturated carbocycles. The van der Waals surface area contributed by atoms with E-state index in [2.05, 4.69) is 21.2 Å². The zero-order chi connectivity index (χ0) is 14.7. The Bertz CT molecular complexity index is 662. The molecular weight excluding hydrogens is 344 g/mol. The van der Waals surface area contributed by atoms with Crippen molar-refractivity contribution in [2.75, 3.05) is 18.2 Å². The number of anilines is 2. The van der Waals surface area contributed by atoms with Gasteiger partial charge in [-0.1, -0.05) is 11.6 Å². The number of hydrogen-bond acceptors (Lipinski definition) is 3. The Labute approximate surface area is 130 Å². The maximum Gasteiger partial charge on any atom is 0.259 e. The summed E-state index contributed by atoms with van der Waals surface area (Å²) >= 11 is 9.18. The van der Waals surface area contributed by atoms with E-state index in [0.717, 1.165) is 4.47 Å². The second-order valence-electron chi connectivity index (χ2n) is 4.04. The van der Waals surface area contributed by atoms with E-state index >= 15 is 0 Å². The summed E-state index contributed by atoms with van der Waals surface area (Å²) in [6.45, 7) is 0. The van der Waals surface area contributed by atoms with Crippen molar-refractivity contribution in [2.24, 2.45) is 0 Å². The Morgan fingerprint density at radius 1 is 1.30 bits per heavy atom. The first-order chi connectivity index (χ1) is 9.51. The van der Waals surface area contributed by atoms with Gasteiger partial charge in [-0.15, -0.1) is 0 Å². The molecule has 0 heterocycles. The number of halogens is 2. The molecule has 0 saturated heterocycles. The van der Waals surface area contributed by atoms with E-state index in [1.807, 2.05) is 0 Å². The zero-order valence-corrected chi connectivity index (χ0v) is 13.0. The number of nitrogens with two attached hydrogens (primary N) is 1. The summed E-state index contributed by atoms with van der Waals surface area (Å²) in [5.74, 6) is 0.139. The number of amides is 1. The Hall–Kier alpha value is -1.72. The van der Waals surface area contributed by atoms with Gasteiger partial charge in [0.05, 0.1) is 12.7 Å². The molecule has 0 bridgehead atoms. The number of carbonyl (C=O) groups excluding carboxylic acids is 1. The molecular formula is C14H12BrClN2O2. The van der Waals surface area contributed by atoms with Crippen molar-refractivity contribution in [1.29, 1.82) is 0 Å². The minimum atomic E-state index is -0.282. The van der Waals surface area contributed by atoms with Crippen LogP contribution in [0.1, 0.15) is 10.4 Å². The summed E-state index contributed by atoms with van der Waals surface area (Å²) in [5.41, 5.74) is 7.34. The quantitative estimate of drug-likeness (QED) is 0.820. The fourth-order valence-electron chi connectivity index (χ4n) is 1.66. The standard InChI is InChI=1S/C14H12BrClN2O2/c1-20-13-6-8(16)2-4-10(13)14(19)18-9-3-5-12(17)11(15)7-9/h2-7H,17H2,1H3,(H,18,19). The lowest BCUT2D eigenvalue weighted by molar-refractivity contribution is 0.102. The number of nitrogen functional groups attached to an aromatic ring is 1. The van der Waals surface area contributed by atoms with Crippen LogP contribution in [-0.4, -0.2) is 13.0 Å². The van der Waals surface area contributed by atoms with Crippen molar-refractivity contribution in [3.63, 3.8) is 0 Å². The van der Waals surface area contributed by atoms with Gasteiger partial charge in [-0.25, -0.2) is 0 Å².